The summed E-state index contributed by atoms with van der Waals surface area (Å²) in [4.78, 5) is 40.3. The van der Waals surface area contributed by atoms with E-state index in [2.05, 4.69) is 16.0 Å². The second-order valence-electron chi connectivity index (χ2n) is 10.0. The van der Waals surface area contributed by atoms with Crippen LogP contribution in [0.3, 0.4) is 0 Å². The van der Waals surface area contributed by atoms with Crippen molar-refractivity contribution in [2.75, 3.05) is 24.9 Å². The van der Waals surface area contributed by atoms with Gasteiger partial charge in [0.05, 0.1) is 25.0 Å². The quantitative estimate of drug-likeness (QED) is 0.106. The number of halogens is 3. The van der Waals surface area contributed by atoms with Crippen molar-refractivity contribution in [1.82, 2.24) is 5.32 Å². The number of ether oxygens (including phenoxy) is 2. The Morgan fingerprint density at radius 3 is 2.17 bits per heavy atom. The molecule has 0 saturated heterocycles. The lowest BCUT2D eigenvalue weighted by atomic mass is 10.1. The van der Waals surface area contributed by atoms with Gasteiger partial charge >= 0.3 is 6.18 Å². The molecule has 0 bridgehead atoms. The van der Waals surface area contributed by atoms with Crippen LogP contribution in [-0.2, 0) is 15.8 Å². The molecule has 1 unspecified atom stereocenters. The summed E-state index contributed by atoms with van der Waals surface area (Å²) in [6, 6.07) is 24.7. The molecule has 12 heteroatoms. The fraction of sp³-hybridized carbons (Fsp3) is 0.171. The highest BCUT2D eigenvalue weighted by atomic mass is 32.2. The molecule has 0 radical (unpaired) electrons. The molecule has 0 aliphatic rings. The van der Waals surface area contributed by atoms with Crippen LogP contribution >= 0.6 is 11.8 Å². The average molecular weight is 664 g/mol. The van der Waals surface area contributed by atoms with E-state index in [0.717, 1.165) is 12.1 Å². The second kappa shape index (κ2) is 15.9. The van der Waals surface area contributed by atoms with Crippen molar-refractivity contribution in [2.24, 2.45) is 0 Å². The number of thioether (sulfide) groups is 1. The summed E-state index contributed by atoms with van der Waals surface area (Å²) in [7, 11) is 2.95. The molecule has 0 saturated carbocycles. The van der Waals surface area contributed by atoms with Gasteiger partial charge in [-0.1, -0.05) is 49.4 Å². The van der Waals surface area contributed by atoms with E-state index < -0.39 is 34.7 Å². The number of amides is 3. The molecule has 0 aromatic heterocycles. The average Bonchev–Trinajstić information content (AvgIpc) is 3.06. The number of alkyl halides is 3. The minimum absolute atomic E-state index is 0.0365. The molecule has 4 aromatic carbocycles. The number of rotatable bonds is 12. The number of hydrogen-bond donors (Lipinski definition) is 3. The van der Waals surface area contributed by atoms with Crippen LogP contribution in [0.25, 0.3) is 6.08 Å². The summed E-state index contributed by atoms with van der Waals surface area (Å²) in [5.41, 5.74) is 0.302. The van der Waals surface area contributed by atoms with Gasteiger partial charge in [-0.05, 0) is 67.1 Å². The monoisotopic (exact) mass is 663 g/mol. The maximum absolute atomic E-state index is 13.6. The first kappa shape index (κ1) is 34.6. The third kappa shape index (κ3) is 9.39. The molecule has 0 aliphatic heterocycles. The van der Waals surface area contributed by atoms with Crippen molar-refractivity contribution in [1.29, 1.82) is 0 Å². The number of nitrogens with one attached hydrogen (secondary N) is 3. The molecule has 0 aliphatic carbocycles. The van der Waals surface area contributed by atoms with Gasteiger partial charge in [-0.25, -0.2) is 0 Å². The first-order chi connectivity index (χ1) is 22.5. The Morgan fingerprint density at radius 2 is 1.51 bits per heavy atom. The number of benzene rings is 4. The Labute approximate surface area is 274 Å². The number of carbonyl (C=O) groups excluding carboxylic acids is 3. The summed E-state index contributed by atoms with van der Waals surface area (Å²) < 4.78 is 50.3. The highest BCUT2D eigenvalue weighted by molar-refractivity contribution is 8.00. The third-order valence-electron chi connectivity index (χ3n) is 6.75. The van der Waals surface area contributed by atoms with E-state index in [9.17, 15) is 27.6 Å². The molecule has 3 amide bonds. The molecular weight excluding hydrogens is 631 g/mol. The van der Waals surface area contributed by atoms with Crippen LogP contribution in [-0.4, -0.2) is 37.2 Å². The van der Waals surface area contributed by atoms with Crippen LogP contribution in [0.5, 0.6) is 11.5 Å². The molecule has 4 aromatic rings. The van der Waals surface area contributed by atoms with E-state index in [1.165, 1.54) is 44.2 Å². The SMILES string of the molecule is CCC(Sc1cccc(NC(=O)/C(=C\c2cccc(OC)c2OC)NC(=O)c2ccccc2)c1)C(=O)Nc1cccc(C(F)(F)F)c1. The Hall–Kier alpha value is -5.23. The van der Waals surface area contributed by atoms with Crippen molar-refractivity contribution < 1.29 is 37.0 Å². The summed E-state index contributed by atoms with van der Waals surface area (Å²) in [6.45, 7) is 1.79. The maximum Gasteiger partial charge on any atom is 0.416 e. The molecule has 0 fully saturated rings. The minimum Gasteiger partial charge on any atom is -0.493 e. The summed E-state index contributed by atoms with van der Waals surface area (Å²) in [5.74, 6) is -0.803. The lowest BCUT2D eigenvalue weighted by Gasteiger charge is -2.17. The molecule has 8 nitrogen and oxygen atoms in total. The maximum atomic E-state index is 13.6. The van der Waals surface area contributed by atoms with Gasteiger partial charge in [0, 0.05) is 27.4 Å². The van der Waals surface area contributed by atoms with Gasteiger partial charge in [0.25, 0.3) is 11.8 Å². The van der Waals surface area contributed by atoms with E-state index in [-0.39, 0.29) is 11.4 Å². The molecule has 4 rings (SSSR count). The van der Waals surface area contributed by atoms with Gasteiger partial charge in [0.2, 0.25) is 5.91 Å². The summed E-state index contributed by atoms with van der Waals surface area (Å²) >= 11 is 1.19. The molecule has 3 N–H and O–H groups in total. The van der Waals surface area contributed by atoms with Crippen LogP contribution in [0, 0.1) is 0 Å². The van der Waals surface area contributed by atoms with Crippen LogP contribution in [0.2, 0.25) is 0 Å². The van der Waals surface area contributed by atoms with Crippen LogP contribution in [0.1, 0.15) is 34.8 Å². The second-order valence-corrected chi connectivity index (χ2v) is 11.3. The van der Waals surface area contributed by atoms with Gasteiger partial charge in [0.1, 0.15) is 5.70 Å². The van der Waals surface area contributed by atoms with Gasteiger partial charge < -0.3 is 25.4 Å². The first-order valence-corrected chi connectivity index (χ1v) is 15.3. The minimum atomic E-state index is -4.54. The molecule has 0 spiro atoms. The molecule has 1 atom stereocenters. The Morgan fingerprint density at radius 1 is 0.830 bits per heavy atom. The van der Waals surface area contributed by atoms with E-state index in [0.29, 0.717) is 39.6 Å². The molecule has 0 heterocycles. The highest BCUT2D eigenvalue weighted by Crippen LogP contribution is 2.33. The topological polar surface area (TPSA) is 106 Å². The van der Waals surface area contributed by atoms with E-state index in [1.54, 1.807) is 79.7 Å². The molecule has 244 valence electrons. The van der Waals surface area contributed by atoms with Crippen LogP contribution in [0.15, 0.2) is 108 Å². The predicted octanol–water partition coefficient (Wildman–Crippen LogP) is 7.64. The zero-order valence-electron chi connectivity index (χ0n) is 25.7. The van der Waals surface area contributed by atoms with E-state index in [4.69, 9.17) is 9.47 Å². The highest BCUT2D eigenvalue weighted by Gasteiger charge is 2.30. The summed E-state index contributed by atoms with van der Waals surface area (Å²) in [5, 5.41) is 7.40. The van der Waals surface area contributed by atoms with Crippen molar-refractivity contribution >= 4 is 46.9 Å². The fourth-order valence-electron chi connectivity index (χ4n) is 4.45. The number of anilines is 2. The molecule has 47 heavy (non-hydrogen) atoms. The van der Waals surface area contributed by atoms with Gasteiger partial charge in [-0.2, -0.15) is 13.2 Å². The Balaban J connectivity index is 1.55. The lowest BCUT2D eigenvalue weighted by Crippen LogP contribution is -2.30. The van der Waals surface area contributed by atoms with Crippen molar-refractivity contribution in [2.45, 2.75) is 29.7 Å². The normalized spacial score (nSPS) is 12.1. The largest absolute Gasteiger partial charge is 0.493 e. The summed E-state index contributed by atoms with van der Waals surface area (Å²) in [6.07, 6.45) is -2.68. The zero-order chi connectivity index (χ0) is 34.0. The number of methoxy groups -OCH3 is 2. The van der Waals surface area contributed by atoms with E-state index in [1.807, 2.05) is 0 Å². The third-order valence-corrected chi connectivity index (χ3v) is 8.11. The van der Waals surface area contributed by atoms with Gasteiger partial charge in [-0.15, -0.1) is 11.8 Å². The standard InChI is InChI=1S/C35H32F3N3O5S/c1-4-30(34(44)40-25-15-9-14-24(20-25)35(36,37)38)47-27-17-10-16-26(21-27)39-33(43)28(41-32(42)22-11-6-5-7-12-22)19-23-13-8-18-29(45-2)31(23)46-3/h5-21,30H,4H2,1-3H3,(H,39,43)(H,40,44)(H,41,42)/b28-19+. The smallest absolute Gasteiger partial charge is 0.416 e. The number of carbonyl (C=O) groups is 3. The number of para-hydroxylation sites is 1. The van der Waals surface area contributed by atoms with E-state index >= 15 is 0 Å². The van der Waals surface area contributed by atoms with Gasteiger partial charge in [-0.3, -0.25) is 14.4 Å². The first-order valence-electron chi connectivity index (χ1n) is 14.4. The Kier molecular flexibility index (Phi) is 11.7. The van der Waals surface area contributed by atoms with Crippen LogP contribution in [0.4, 0.5) is 24.5 Å². The fourth-order valence-corrected chi connectivity index (χ4v) is 5.47. The van der Waals surface area contributed by atoms with Crippen molar-refractivity contribution in [3.63, 3.8) is 0 Å². The van der Waals surface area contributed by atoms with Gasteiger partial charge in [0.15, 0.2) is 11.5 Å². The van der Waals surface area contributed by atoms with Crippen molar-refractivity contribution in [3.8, 4) is 11.5 Å². The van der Waals surface area contributed by atoms with Crippen molar-refractivity contribution in [3.05, 3.63) is 119 Å². The zero-order valence-corrected chi connectivity index (χ0v) is 26.5. The number of hydrogen-bond acceptors (Lipinski definition) is 6. The Bertz CT molecular complexity index is 1760. The lowest BCUT2D eigenvalue weighted by molar-refractivity contribution is -0.137. The predicted molar refractivity (Wildman–Crippen MR) is 177 cm³/mol. The molecular formula is C35H32F3N3O5S. The van der Waals surface area contributed by atoms with Crippen LogP contribution < -0.4 is 25.4 Å².